The van der Waals surface area contributed by atoms with Crippen molar-refractivity contribution in [2.45, 2.75) is 20.0 Å². The molecule has 0 spiro atoms. The van der Waals surface area contributed by atoms with Gasteiger partial charge in [-0.2, -0.15) is 5.10 Å². The topological polar surface area (TPSA) is 87.2 Å². The first-order valence-electron chi connectivity index (χ1n) is 8.89. The first-order valence-corrected chi connectivity index (χ1v) is 8.89. The second kappa shape index (κ2) is 9.38. The smallest absolute Gasteiger partial charge is 0.191 e. The molecule has 3 N–H and O–H groups in total. The van der Waals surface area contributed by atoms with E-state index in [1.54, 1.807) is 7.11 Å². The van der Waals surface area contributed by atoms with Crippen molar-refractivity contribution in [3.8, 4) is 17.1 Å². The van der Waals surface area contributed by atoms with Gasteiger partial charge in [0.15, 0.2) is 11.8 Å². The molecule has 0 saturated carbocycles. The van der Waals surface area contributed by atoms with Gasteiger partial charge in [-0.25, -0.2) is 9.98 Å². The molecule has 140 valence electrons. The van der Waals surface area contributed by atoms with Gasteiger partial charge in [0, 0.05) is 24.2 Å². The minimum atomic E-state index is 0.559. The van der Waals surface area contributed by atoms with Crippen molar-refractivity contribution in [1.82, 2.24) is 25.8 Å². The Morgan fingerprint density at radius 1 is 1.15 bits per heavy atom. The molecule has 0 radical (unpaired) electrons. The molecule has 0 aliphatic rings. The van der Waals surface area contributed by atoms with Gasteiger partial charge in [-0.05, 0) is 24.6 Å². The molecule has 0 aliphatic heterocycles. The number of hydrogen-bond acceptors (Lipinski definition) is 4. The molecule has 3 rings (SSSR count). The van der Waals surface area contributed by atoms with Crippen LogP contribution in [0.5, 0.6) is 5.75 Å². The lowest BCUT2D eigenvalue weighted by atomic mass is 10.1. The largest absolute Gasteiger partial charge is 0.496 e. The summed E-state index contributed by atoms with van der Waals surface area (Å²) in [6.07, 6.45) is 1.51. The number of aromatic amines is 1. The highest BCUT2D eigenvalue weighted by molar-refractivity contribution is 5.79. The number of nitrogens with zero attached hydrogens (tertiary/aromatic N) is 3. The number of para-hydroxylation sites is 1. The summed E-state index contributed by atoms with van der Waals surface area (Å²) in [5, 5.41) is 13.4. The molecule has 0 amide bonds. The van der Waals surface area contributed by atoms with Crippen LogP contribution in [0.15, 0.2) is 59.9 Å². The summed E-state index contributed by atoms with van der Waals surface area (Å²) < 4.78 is 5.40. The Balaban J connectivity index is 1.68. The molecule has 27 heavy (non-hydrogen) atoms. The number of benzene rings is 2. The Kier molecular flexibility index (Phi) is 6.40. The quantitative estimate of drug-likeness (QED) is 0.443. The van der Waals surface area contributed by atoms with Crippen molar-refractivity contribution >= 4 is 5.96 Å². The maximum atomic E-state index is 5.40. The zero-order valence-electron chi connectivity index (χ0n) is 15.6. The first kappa shape index (κ1) is 18.4. The van der Waals surface area contributed by atoms with Crippen LogP contribution < -0.4 is 15.4 Å². The summed E-state index contributed by atoms with van der Waals surface area (Å²) in [6.45, 7) is 4.03. The molecule has 1 heterocycles. The van der Waals surface area contributed by atoms with E-state index in [4.69, 9.17) is 4.74 Å². The molecule has 0 atom stereocenters. The van der Waals surface area contributed by atoms with Crippen LogP contribution in [-0.4, -0.2) is 34.8 Å². The van der Waals surface area contributed by atoms with Gasteiger partial charge in [-0.15, -0.1) is 0 Å². The van der Waals surface area contributed by atoms with Crippen LogP contribution in [-0.2, 0) is 13.1 Å². The van der Waals surface area contributed by atoms with E-state index in [0.717, 1.165) is 40.8 Å². The van der Waals surface area contributed by atoms with E-state index in [1.165, 1.54) is 6.33 Å². The first-order chi connectivity index (χ1) is 13.3. The minimum Gasteiger partial charge on any atom is -0.496 e. The number of hydrogen-bond donors (Lipinski definition) is 3. The van der Waals surface area contributed by atoms with Crippen molar-refractivity contribution in [2.24, 2.45) is 4.99 Å². The van der Waals surface area contributed by atoms with E-state index in [1.807, 2.05) is 49.4 Å². The number of aliphatic imine (C=N–C) groups is 1. The van der Waals surface area contributed by atoms with E-state index in [9.17, 15) is 0 Å². The van der Waals surface area contributed by atoms with Gasteiger partial charge in [-0.3, -0.25) is 5.10 Å². The Labute approximate surface area is 158 Å². The highest BCUT2D eigenvalue weighted by atomic mass is 16.5. The van der Waals surface area contributed by atoms with Crippen LogP contribution in [0, 0.1) is 0 Å². The second-order valence-corrected chi connectivity index (χ2v) is 5.90. The Morgan fingerprint density at radius 3 is 2.81 bits per heavy atom. The maximum Gasteiger partial charge on any atom is 0.191 e. The molecular formula is C20H24N6O. The molecule has 2 aromatic carbocycles. The predicted octanol–water partition coefficient (Wildman–Crippen LogP) is 2.74. The van der Waals surface area contributed by atoms with Gasteiger partial charge in [0.1, 0.15) is 12.1 Å². The fourth-order valence-corrected chi connectivity index (χ4v) is 2.70. The lowest BCUT2D eigenvalue weighted by Crippen LogP contribution is -2.36. The third kappa shape index (κ3) is 5.07. The van der Waals surface area contributed by atoms with Crippen LogP contribution in [0.2, 0.25) is 0 Å². The maximum absolute atomic E-state index is 5.40. The third-order valence-electron chi connectivity index (χ3n) is 4.02. The lowest BCUT2D eigenvalue weighted by Gasteiger charge is -2.13. The Morgan fingerprint density at radius 2 is 2.04 bits per heavy atom. The summed E-state index contributed by atoms with van der Waals surface area (Å²) in [6, 6.07) is 16.1. The average molecular weight is 364 g/mol. The van der Waals surface area contributed by atoms with Crippen molar-refractivity contribution in [3.05, 3.63) is 66.0 Å². The molecular weight excluding hydrogens is 340 g/mol. The third-order valence-corrected chi connectivity index (χ3v) is 4.02. The van der Waals surface area contributed by atoms with Crippen LogP contribution in [0.25, 0.3) is 11.4 Å². The van der Waals surface area contributed by atoms with E-state index >= 15 is 0 Å². The van der Waals surface area contributed by atoms with E-state index in [2.05, 4.69) is 36.9 Å². The minimum absolute atomic E-state index is 0.559. The van der Waals surface area contributed by atoms with E-state index < -0.39 is 0 Å². The number of aromatic nitrogens is 3. The Hall–Kier alpha value is -3.35. The number of guanidine groups is 1. The fourth-order valence-electron chi connectivity index (χ4n) is 2.70. The number of rotatable bonds is 7. The van der Waals surface area contributed by atoms with Crippen LogP contribution in [0.1, 0.15) is 18.1 Å². The highest BCUT2D eigenvalue weighted by Gasteiger charge is 2.05. The summed E-state index contributed by atoms with van der Waals surface area (Å²) in [5.41, 5.74) is 3.17. The number of nitrogens with one attached hydrogen (secondary N) is 3. The molecule has 0 unspecified atom stereocenters. The number of H-pyrrole nitrogens is 1. The molecule has 7 heteroatoms. The van der Waals surface area contributed by atoms with Crippen LogP contribution in [0.4, 0.5) is 0 Å². The summed E-state index contributed by atoms with van der Waals surface area (Å²) in [4.78, 5) is 8.88. The van der Waals surface area contributed by atoms with Crippen molar-refractivity contribution in [2.75, 3.05) is 13.7 Å². The Bertz CT molecular complexity index is 876. The standard InChI is InChI=1S/C20H24N6O/c1-3-21-20(23-13-17-8-4-5-10-18(17)27-2)22-12-15-7-6-9-16(11-15)19-24-14-25-26-19/h4-11,14H,3,12-13H2,1-2H3,(H2,21,22,23)(H,24,25,26). The summed E-state index contributed by atoms with van der Waals surface area (Å²) in [7, 11) is 1.68. The SMILES string of the molecule is CCNC(=NCc1cccc(-c2ncn[nH]2)c1)NCc1ccccc1OC. The second-order valence-electron chi connectivity index (χ2n) is 5.90. The van der Waals surface area contributed by atoms with E-state index in [0.29, 0.717) is 13.1 Å². The van der Waals surface area contributed by atoms with Gasteiger partial charge >= 0.3 is 0 Å². The summed E-state index contributed by atoms with van der Waals surface area (Å²) >= 11 is 0. The van der Waals surface area contributed by atoms with Gasteiger partial charge in [0.05, 0.1) is 13.7 Å². The zero-order chi connectivity index (χ0) is 18.9. The van der Waals surface area contributed by atoms with Gasteiger partial charge in [0.2, 0.25) is 0 Å². The van der Waals surface area contributed by atoms with Crippen molar-refractivity contribution in [1.29, 1.82) is 0 Å². The van der Waals surface area contributed by atoms with Gasteiger partial charge in [-0.1, -0.05) is 36.4 Å². The summed E-state index contributed by atoms with van der Waals surface area (Å²) in [5.74, 6) is 2.37. The number of methoxy groups -OCH3 is 1. The predicted molar refractivity (Wildman–Crippen MR) is 106 cm³/mol. The molecule has 0 fully saturated rings. The van der Waals surface area contributed by atoms with Gasteiger partial charge in [0.25, 0.3) is 0 Å². The average Bonchev–Trinajstić information content (AvgIpc) is 3.25. The molecule has 0 saturated heterocycles. The van der Waals surface area contributed by atoms with Gasteiger partial charge < -0.3 is 15.4 Å². The number of ether oxygens (including phenoxy) is 1. The fraction of sp³-hybridized carbons (Fsp3) is 0.250. The van der Waals surface area contributed by atoms with E-state index in [-0.39, 0.29) is 0 Å². The normalized spacial score (nSPS) is 11.3. The zero-order valence-corrected chi connectivity index (χ0v) is 15.6. The lowest BCUT2D eigenvalue weighted by molar-refractivity contribution is 0.409. The van der Waals surface area contributed by atoms with Crippen molar-refractivity contribution in [3.63, 3.8) is 0 Å². The molecule has 7 nitrogen and oxygen atoms in total. The molecule has 1 aromatic heterocycles. The molecule has 3 aromatic rings. The van der Waals surface area contributed by atoms with Crippen LogP contribution >= 0.6 is 0 Å². The van der Waals surface area contributed by atoms with Crippen LogP contribution in [0.3, 0.4) is 0 Å². The van der Waals surface area contributed by atoms with Crippen molar-refractivity contribution < 1.29 is 4.74 Å². The monoisotopic (exact) mass is 364 g/mol. The molecule has 0 bridgehead atoms. The molecule has 0 aliphatic carbocycles. The highest BCUT2D eigenvalue weighted by Crippen LogP contribution is 2.17.